The SMILES string of the molecule is CCCOc1cc(F)cc(C[C@@H]([C@H](OCc2ccccc2)[C@H]2CO[C@@H](OCC(C)(C)CF)[C@H](C)N2C(=O)OC(C)(C)C)N(Cc2ccccc2)Cc2ccccc2)c1. The number of benzene rings is 4. The summed E-state index contributed by atoms with van der Waals surface area (Å²) < 4.78 is 61.3. The molecular formula is C48H62F2N2O6. The minimum Gasteiger partial charge on any atom is -0.493 e. The van der Waals surface area contributed by atoms with Gasteiger partial charge in [-0.15, -0.1) is 0 Å². The molecule has 5 rings (SSSR count). The molecule has 5 atom stereocenters. The molecule has 0 saturated carbocycles. The number of ether oxygens (including phenoxy) is 5. The van der Waals surface area contributed by atoms with Gasteiger partial charge in [-0.2, -0.15) is 0 Å². The van der Waals surface area contributed by atoms with Crippen molar-refractivity contribution in [1.29, 1.82) is 0 Å². The van der Waals surface area contributed by atoms with Crippen molar-refractivity contribution in [2.24, 2.45) is 5.41 Å². The Hall–Kier alpha value is -4.35. The number of carbonyl (C=O) groups is 1. The number of hydrogen-bond donors (Lipinski definition) is 0. The summed E-state index contributed by atoms with van der Waals surface area (Å²) in [5, 5.41) is 0. The fourth-order valence-electron chi connectivity index (χ4n) is 7.16. The quantitative estimate of drug-likeness (QED) is 0.0936. The van der Waals surface area contributed by atoms with Crippen molar-refractivity contribution < 1.29 is 37.3 Å². The number of amides is 1. The number of morpholine rings is 1. The summed E-state index contributed by atoms with van der Waals surface area (Å²) in [5.41, 5.74) is 2.28. The molecule has 58 heavy (non-hydrogen) atoms. The predicted octanol–water partition coefficient (Wildman–Crippen LogP) is 10.2. The molecule has 0 aliphatic carbocycles. The van der Waals surface area contributed by atoms with Crippen LogP contribution in [-0.4, -0.2) is 78.5 Å². The minimum absolute atomic E-state index is 0.0405. The average Bonchev–Trinajstić information content (AvgIpc) is 3.19. The highest BCUT2D eigenvalue weighted by Crippen LogP contribution is 2.33. The molecule has 0 radical (unpaired) electrons. The lowest BCUT2D eigenvalue weighted by Gasteiger charge is -2.50. The summed E-state index contributed by atoms with van der Waals surface area (Å²) in [4.78, 5) is 18.6. The molecule has 1 amide bonds. The second kappa shape index (κ2) is 21.1. The van der Waals surface area contributed by atoms with Crippen LogP contribution < -0.4 is 4.74 Å². The molecule has 0 spiro atoms. The number of hydrogen-bond acceptors (Lipinski definition) is 7. The van der Waals surface area contributed by atoms with Gasteiger partial charge in [0.1, 0.15) is 17.2 Å². The molecule has 10 heteroatoms. The first-order chi connectivity index (χ1) is 27.7. The van der Waals surface area contributed by atoms with E-state index in [1.54, 1.807) is 24.8 Å². The van der Waals surface area contributed by atoms with E-state index >= 15 is 4.39 Å². The van der Waals surface area contributed by atoms with Gasteiger partial charge in [-0.05, 0) is 74.9 Å². The van der Waals surface area contributed by atoms with E-state index in [0.717, 1.165) is 28.7 Å². The highest BCUT2D eigenvalue weighted by Gasteiger charge is 2.48. The Bertz CT molecular complexity index is 1780. The van der Waals surface area contributed by atoms with Gasteiger partial charge in [-0.25, -0.2) is 9.18 Å². The number of halogens is 2. The maximum atomic E-state index is 15.5. The van der Waals surface area contributed by atoms with E-state index in [-0.39, 0.29) is 19.8 Å². The van der Waals surface area contributed by atoms with Gasteiger partial charge in [0.2, 0.25) is 0 Å². The predicted molar refractivity (Wildman–Crippen MR) is 224 cm³/mol. The summed E-state index contributed by atoms with van der Waals surface area (Å²) in [5.74, 6) is 0.0548. The maximum absolute atomic E-state index is 15.5. The van der Waals surface area contributed by atoms with Gasteiger partial charge in [-0.3, -0.25) is 14.2 Å². The largest absolute Gasteiger partial charge is 0.493 e. The number of alkyl halides is 1. The van der Waals surface area contributed by atoms with Crippen molar-refractivity contribution in [3.05, 3.63) is 137 Å². The molecule has 1 fully saturated rings. The molecule has 1 heterocycles. The Labute approximate surface area is 344 Å². The van der Waals surface area contributed by atoms with Gasteiger partial charge in [-0.1, -0.05) is 112 Å². The highest BCUT2D eigenvalue weighted by molar-refractivity contribution is 5.69. The van der Waals surface area contributed by atoms with Crippen molar-refractivity contribution in [3.8, 4) is 5.75 Å². The van der Waals surface area contributed by atoms with Crippen LogP contribution in [-0.2, 0) is 45.1 Å². The highest BCUT2D eigenvalue weighted by atomic mass is 19.1. The van der Waals surface area contributed by atoms with E-state index in [1.807, 2.05) is 107 Å². The van der Waals surface area contributed by atoms with Crippen molar-refractivity contribution in [1.82, 2.24) is 9.80 Å². The van der Waals surface area contributed by atoms with Crippen LogP contribution >= 0.6 is 0 Å². The van der Waals surface area contributed by atoms with Crippen LogP contribution in [0.15, 0.2) is 109 Å². The lowest BCUT2D eigenvalue weighted by atomic mass is 9.91. The Morgan fingerprint density at radius 2 is 1.45 bits per heavy atom. The van der Waals surface area contributed by atoms with Gasteiger partial charge < -0.3 is 23.7 Å². The molecule has 314 valence electrons. The monoisotopic (exact) mass is 800 g/mol. The van der Waals surface area contributed by atoms with Crippen molar-refractivity contribution in [2.45, 2.75) is 117 Å². The molecule has 0 N–H and O–H groups in total. The number of nitrogens with zero attached hydrogens (tertiary/aromatic N) is 2. The number of rotatable bonds is 19. The van der Waals surface area contributed by atoms with Crippen molar-refractivity contribution in [3.63, 3.8) is 0 Å². The van der Waals surface area contributed by atoms with E-state index in [4.69, 9.17) is 23.7 Å². The zero-order valence-electron chi connectivity index (χ0n) is 35.2. The average molecular weight is 801 g/mol. The lowest BCUT2D eigenvalue weighted by Crippen LogP contribution is -2.66. The van der Waals surface area contributed by atoms with E-state index < -0.39 is 60.1 Å². The smallest absolute Gasteiger partial charge is 0.411 e. The normalized spacial score (nSPS) is 18.5. The molecule has 4 aromatic carbocycles. The first-order valence-electron chi connectivity index (χ1n) is 20.5. The van der Waals surface area contributed by atoms with Gasteiger partial charge in [0.15, 0.2) is 6.29 Å². The third kappa shape index (κ3) is 13.3. The molecule has 4 aromatic rings. The van der Waals surface area contributed by atoms with E-state index in [2.05, 4.69) is 29.2 Å². The lowest BCUT2D eigenvalue weighted by molar-refractivity contribution is -0.240. The Balaban J connectivity index is 1.67. The third-order valence-corrected chi connectivity index (χ3v) is 10.0. The van der Waals surface area contributed by atoms with E-state index in [1.165, 1.54) is 6.07 Å². The second-order valence-corrected chi connectivity index (χ2v) is 17.1. The zero-order valence-corrected chi connectivity index (χ0v) is 35.2. The van der Waals surface area contributed by atoms with Crippen LogP contribution in [0.5, 0.6) is 5.75 Å². The first kappa shape index (κ1) is 44.7. The standard InChI is InChI=1S/C48H62F2N2O6/c1-8-24-54-41-26-39(25-40(50)28-41)27-42(51(29-36-18-12-9-13-19-36)30-37-20-14-10-15-21-37)44(55-31-38-22-16-11-17-23-38)43-32-56-45(57-34-48(6,7)33-49)35(2)52(43)46(53)58-47(3,4)5/h9-23,25-26,28,35,42-45H,8,24,27,29-34H2,1-7H3/t35-,42-,43+,44-,45-/m0/s1. The Morgan fingerprint density at radius 1 is 0.862 bits per heavy atom. The molecule has 0 aromatic heterocycles. The van der Waals surface area contributed by atoms with Gasteiger partial charge >= 0.3 is 6.09 Å². The van der Waals surface area contributed by atoms with Crippen molar-refractivity contribution in [2.75, 3.05) is 26.5 Å². The van der Waals surface area contributed by atoms with Crippen LogP contribution in [0.25, 0.3) is 0 Å². The maximum Gasteiger partial charge on any atom is 0.411 e. The van der Waals surface area contributed by atoms with Crippen LogP contribution in [0.2, 0.25) is 0 Å². The van der Waals surface area contributed by atoms with E-state index in [0.29, 0.717) is 31.9 Å². The second-order valence-electron chi connectivity index (χ2n) is 17.1. The van der Waals surface area contributed by atoms with Crippen LogP contribution in [0, 0.1) is 11.2 Å². The topological polar surface area (TPSA) is 69.7 Å². The summed E-state index contributed by atoms with van der Waals surface area (Å²) >= 11 is 0. The van der Waals surface area contributed by atoms with Gasteiger partial charge in [0.05, 0.1) is 51.3 Å². The Morgan fingerprint density at radius 3 is 2.00 bits per heavy atom. The summed E-state index contributed by atoms with van der Waals surface area (Å²) in [6.45, 7) is 14.2. The fraction of sp³-hybridized carbons (Fsp3) is 0.479. The van der Waals surface area contributed by atoms with Crippen LogP contribution in [0.1, 0.15) is 77.1 Å². The molecule has 0 bridgehead atoms. The molecule has 1 saturated heterocycles. The molecule has 1 aliphatic rings. The number of carbonyl (C=O) groups excluding carboxylic acids is 1. The third-order valence-electron chi connectivity index (χ3n) is 10.0. The van der Waals surface area contributed by atoms with E-state index in [9.17, 15) is 9.18 Å². The first-order valence-corrected chi connectivity index (χ1v) is 20.5. The van der Waals surface area contributed by atoms with Gasteiger partial charge in [0.25, 0.3) is 0 Å². The molecule has 8 nitrogen and oxygen atoms in total. The fourth-order valence-corrected chi connectivity index (χ4v) is 7.16. The van der Waals surface area contributed by atoms with Crippen molar-refractivity contribution >= 4 is 6.09 Å². The van der Waals surface area contributed by atoms with Crippen LogP contribution in [0.3, 0.4) is 0 Å². The zero-order chi connectivity index (χ0) is 41.7. The van der Waals surface area contributed by atoms with Crippen LogP contribution in [0.4, 0.5) is 13.6 Å². The summed E-state index contributed by atoms with van der Waals surface area (Å²) in [6.07, 6.45) is -0.986. The summed E-state index contributed by atoms with van der Waals surface area (Å²) in [7, 11) is 0. The molecular weight excluding hydrogens is 739 g/mol. The molecule has 1 aliphatic heterocycles. The van der Waals surface area contributed by atoms with Gasteiger partial charge in [0, 0.05) is 30.6 Å². The minimum atomic E-state index is -0.853. The molecule has 0 unspecified atom stereocenters. The summed E-state index contributed by atoms with van der Waals surface area (Å²) in [6, 6.07) is 33.4. The Kier molecular flexibility index (Phi) is 16.3.